The Balaban J connectivity index is 2.48. The van der Waals surface area contributed by atoms with Crippen molar-refractivity contribution in [2.75, 3.05) is 19.8 Å². The second-order valence-electron chi connectivity index (χ2n) is 4.10. The van der Waals surface area contributed by atoms with Crippen LogP contribution in [0.15, 0.2) is 23.1 Å². The molecule has 0 radical (unpaired) electrons. The molecular formula is C11H11Cl2NO5S. The minimum Gasteiger partial charge on any atom is -0.480 e. The van der Waals surface area contributed by atoms with Gasteiger partial charge in [0.05, 0.1) is 23.3 Å². The minimum atomic E-state index is -4.05. The topological polar surface area (TPSA) is 83.9 Å². The molecule has 1 aromatic carbocycles. The van der Waals surface area contributed by atoms with Gasteiger partial charge >= 0.3 is 5.97 Å². The number of ether oxygens (including phenoxy) is 1. The molecule has 0 bridgehead atoms. The zero-order valence-corrected chi connectivity index (χ0v) is 12.5. The number of benzene rings is 1. The van der Waals surface area contributed by atoms with Crippen LogP contribution in [-0.4, -0.2) is 49.6 Å². The molecule has 0 aromatic heterocycles. The molecule has 0 amide bonds. The molecule has 1 fully saturated rings. The van der Waals surface area contributed by atoms with Gasteiger partial charge in [-0.15, -0.1) is 0 Å². The van der Waals surface area contributed by atoms with Crippen LogP contribution in [0.2, 0.25) is 10.0 Å². The van der Waals surface area contributed by atoms with Crippen LogP contribution >= 0.6 is 23.2 Å². The first-order chi connectivity index (χ1) is 9.35. The molecule has 1 aromatic rings. The average molecular weight is 340 g/mol. The predicted molar refractivity (Wildman–Crippen MR) is 72.6 cm³/mol. The molecule has 0 spiro atoms. The first-order valence-electron chi connectivity index (χ1n) is 5.62. The lowest BCUT2D eigenvalue weighted by Crippen LogP contribution is -2.52. The zero-order chi connectivity index (χ0) is 14.9. The van der Waals surface area contributed by atoms with Crippen LogP contribution in [0.5, 0.6) is 0 Å². The van der Waals surface area contributed by atoms with E-state index in [-0.39, 0.29) is 34.7 Å². The number of hydrogen-bond donors (Lipinski definition) is 1. The van der Waals surface area contributed by atoms with E-state index in [2.05, 4.69) is 0 Å². The molecule has 0 aliphatic carbocycles. The van der Waals surface area contributed by atoms with Crippen molar-refractivity contribution in [1.29, 1.82) is 0 Å². The second-order valence-corrected chi connectivity index (χ2v) is 6.74. The normalized spacial score (nSPS) is 20.8. The molecule has 1 aliphatic rings. The van der Waals surface area contributed by atoms with Gasteiger partial charge in [-0.1, -0.05) is 29.3 Å². The summed E-state index contributed by atoms with van der Waals surface area (Å²) < 4.78 is 31.0. The summed E-state index contributed by atoms with van der Waals surface area (Å²) in [6.45, 7) is -0.129. The maximum absolute atomic E-state index is 12.5. The third-order valence-electron chi connectivity index (χ3n) is 2.87. The van der Waals surface area contributed by atoms with Crippen molar-refractivity contribution in [3.05, 3.63) is 28.2 Å². The van der Waals surface area contributed by atoms with E-state index < -0.39 is 22.0 Å². The number of rotatable bonds is 3. The summed E-state index contributed by atoms with van der Waals surface area (Å²) in [5.74, 6) is -1.27. The Morgan fingerprint density at radius 2 is 2.10 bits per heavy atom. The van der Waals surface area contributed by atoms with Gasteiger partial charge in [0.2, 0.25) is 10.0 Å². The number of sulfonamides is 1. The highest BCUT2D eigenvalue weighted by atomic mass is 35.5. The molecule has 110 valence electrons. The van der Waals surface area contributed by atoms with Gasteiger partial charge in [-0.25, -0.2) is 8.42 Å². The number of carboxylic acids is 1. The van der Waals surface area contributed by atoms with Gasteiger partial charge in [-0.3, -0.25) is 4.79 Å². The van der Waals surface area contributed by atoms with Crippen LogP contribution in [0, 0.1) is 0 Å². The van der Waals surface area contributed by atoms with Crippen molar-refractivity contribution in [3.8, 4) is 0 Å². The summed E-state index contributed by atoms with van der Waals surface area (Å²) in [6, 6.07) is 2.91. The largest absolute Gasteiger partial charge is 0.480 e. The van der Waals surface area contributed by atoms with Gasteiger partial charge in [0.25, 0.3) is 0 Å². The van der Waals surface area contributed by atoms with Crippen LogP contribution in [0.3, 0.4) is 0 Å². The van der Waals surface area contributed by atoms with Gasteiger partial charge < -0.3 is 9.84 Å². The summed E-state index contributed by atoms with van der Waals surface area (Å²) in [7, 11) is -4.05. The maximum Gasteiger partial charge on any atom is 0.324 e. The highest BCUT2D eigenvalue weighted by Crippen LogP contribution is 2.32. The fourth-order valence-electron chi connectivity index (χ4n) is 1.88. The van der Waals surface area contributed by atoms with Crippen LogP contribution in [-0.2, 0) is 19.6 Å². The van der Waals surface area contributed by atoms with Crippen LogP contribution < -0.4 is 0 Å². The van der Waals surface area contributed by atoms with E-state index in [1.165, 1.54) is 18.2 Å². The number of hydrogen-bond acceptors (Lipinski definition) is 4. The molecule has 1 unspecified atom stereocenters. The highest BCUT2D eigenvalue weighted by molar-refractivity contribution is 7.89. The highest BCUT2D eigenvalue weighted by Gasteiger charge is 2.39. The van der Waals surface area contributed by atoms with Gasteiger partial charge in [0.15, 0.2) is 0 Å². The number of carbonyl (C=O) groups is 1. The van der Waals surface area contributed by atoms with Gasteiger partial charge in [-0.2, -0.15) is 4.31 Å². The maximum atomic E-state index is 12.5. The summed E-state index contributed by atoms with van der Waals surface area (Å²) in [5, 5.41) is 9.07. The Bertz CT molecular complexity index is 634. The standard InChI is InChI=1S/C11H11Cl2NO5S/c12-7-2-1-3-9(10(7)13)20(17,18)14-4-5-19-6-8(14)11(15)16/h1-3,8H,4-6H2,(H,15,16). The summed E-state index contributed by atoms with van der Waals surface area (Å²) >= 11 is 11.7. The van der Waals surface area contributed by atoms with E-state index in [1.807, 2.05) is 0 Å². The molecule has 2 rings (SSSR count). The molecule has 6 nitrogen and oxygen atoms in total. The molecule has 0 saturated carbocycles. The number of morpholine rings is 1. The fourth-order valence-corrected chi connectivity index (χ4v) is 4.17. The Morgan fingerprint density at radius 3 is 2.75 bits per heavy atom. The lowest BCUT2D eigenvalue weighted by molar-refractivity contribution is -0.146. The van der Waals surface area contributed by atoms with E-state index in [1.54, 1.807) is 0 Å². The monoisotopic (exact) mass is 339 g/mol. The summed E-state index contributed by atoms with van der Waals surface area (Å²) in [4.78, 5) is 10.9. The van der Waals surface area contributed by atoms with Crippen molar-refractivity contribution in [2.24, 2.45) is 0 Å². The second kappa shape index (κ2) is 5.87. The zero-order valence-electron chi connectivity index (χ0n) is 10.1. The summed E-state index contributed by atoms with van der Waals surface area (Å²) in [6.07, 6.45) is 0. The van der Waals surface area contributed by atoms with Crippen molar-refractivity contribution in [1.82, 2.24) is 4.31 Å². The van der Waals surface area contributed by atoms with Crippen molar-refractivity contribution >= 4 is 39.2 Å². The molecule has 1 N–H and O–H groups in total. The van der Waals surface area contributed by atoms with Crippen molar-refractivity contribution < 1.29 is 23.1 Å². The van der Waals surface area contributed by atoms with E-state index in [0.717, 1.165) is 4.31 Å². The lowest BCUT2D eigenvalue weighted by atomic mass is 10.3. The van der Waals surface area contributed by atoms with Crippen LogP contribution in [0.25, 0.3) is 0 Å². The number of aliphatic carboxylic acids is 1. The van der Waals surface area contributed by atoms with Crippen molar-refractivity contribution in [2.45, 2.75) is 10.9 Å². The summed E-state index contributed by atoms with van der Waals surface area (Å²) in [5.41, 5.74) is 0. The first-order valence-corrected chi connectivity index (χ1v) is 7.81. The Morgan fingerprint density at radius 1 is 1.40 bits per heavy atom. The molecule has 1 aliphatic heterocycles. The molecule has 1 saturated heterocycles. The predicted octanol–water partition coefficient (Wildman–Crippen LogP) is 1.47. The van der Waals surface area contributed by atoms with Gasteiger partial charge in [0, 0.05) is 6.54 Å². The van der Waals surface area contributed by atoms with Crippen LogP contribution in [0.1, 0.15) is 0 Å². The van der Waals surface area contributed by atoms with Crippen molar-refractivity contribution in [3.63, 3.8) is 0 Å². The third-order valence-corrected chi connectivity index (χ3v) is 5.75. The third kappa shape index (κ3) is 2.77. The van der Waals surface area contributed by atoms with Crippen LogP contribution in [0.4, 0.5) is 0 Å². The van der Waals surface area contributed by atoms with E-state index in [0.29, 0.717) is 0 Å². The molecule has 20 heavy (non-hydrogen) atoms. The Hall–Kier alpha value is -0.860. The van der Waals surface area contributed by atoms with Gasteiger partial charge in [0.1, 0.15) is 10.9 Å². The molecular weight excluding hydrogens is 329 g/mol. The van der Waals surface area contributed by atoms with E-state index >= 15 is 0 Å². The Labute approximate surface area is 125 Å². The number of nitrogens with zero attached hydrogens (tertiary/aromatic N) is 1. The molecule has 9 heteroatoms. The molecule has 1 atom stereocenters. The fraction of sp³-hybridized carbons (Fsp3) is 0.364. The SMILES string of the molecule is O=C(O)C1COCCN1S(=O)(=O)c1cccc(Cl)c1Cl. The number of halogens is 2. The first kappa shape index (κ1) is 15.5. The lowest BCUT2D eigenvalue weighted by Gasteiger charge is -2.32. The smallest absolute Gasteiger partial charge is 0.324 e. The van der Waals surface area contributed by atoms with Gasteiger partial charge in [-0.05, 0) is 12.1 Å². The molecule has 1 heterocycles. The minimum absolute atomic E-state index is 0.0534. The number of carboxylic acid groups (broad SMARTS) is 1. The van der Waals surface area contributed by atoms with E-state index in [4.69, 9.17) is 33.0 Å². The van der Waals surface area contributed by atoms with E-state index in [9.17, 15) is 13.2 Å². The quantitative estimate of drug-likeness (QED) is 0.901. The average Bonchev–Trinajstić information content (AvgIpc) is 2.41. The Kier molecular flexibility index (Phi) is 4.55.